The van der Waals surface area contributed by atoms with E-state index in [1.165, 1.54) is 0 Å². The molecular weight excluding hydrogens is 444 g/mol. The Labute approximate surface area is 185 Å². The number of H-pyrrole nitrogens is 1. The third-order valence-corrected chi connectivity index (χ3v) is 5.78. The normalized spacial score (nSPS) is 15.5. The fourth-order valence-electron chi connectivity index (χ4n) is 3.63. The third kappa shape index (κ3) is 4.84. The van der Waals surface area contributed by atoms with Crippen LogP contribution in [0, 0.1) is 0 Å². The number of aromatic amines is 1. The summed E-state index contributed by atoms with van der Waals surface area (Å²) >= 11 is 3.46. The summed E-state index contributed by atoms with van der Waals surface area (Å²) in [6.45, 7) is 4.80. The molecule has 1 aliphatic heterocycles. The van der Waals surface area contributed by atoms with E-state index in [0.717, 1.165) is 47.6 Å². The Morgan fingerprint density at radius 3 is 2.60 bits per heavy atom. The molecule has 1 atom stereocenters. The first kappa shape index (κ1) is 20.5. The van der Waals surface area contributed by atoms with Crippen molar-refractivity contribution in [3.05, 3.63) is 65.1 Å². The van der Waals surface area contributed by atoms with Crippen molar-refractivity contribution in [3.8, 4) is 17.0 Å². The Morgan fingerprint density at radius 1 is 1.07 bits per heavy atom. The summed E-state index contributed by atoms with van der Waals surface area (Å²) in [5.74, 6) is 1.65. The average Bonchev–Trinajstić information content (AvgIpc) is 3.12. The van der Waals surface area contributed by atoms with Gasteiger partial charge in [0.1, 0.15) is 5.75 Å². The number of aromatic nitrogens is 2. The predicted molar refractivity (Wildman–Crippen MR) is 122 cm³/mol. The van der Waals surface area contributed by atoms with Gasteiger partial charge in [0.05, 0.1) is 5.69 Å². The fraction of sp³-hybridized carbons (Fsp3) is 0.304. The van der Waals surface area contributed by atoms with E-state index in [1.54, 1.807) is 0 Å². The van der Waals surface area contributed by atoms with E-state index in [2.05, 4.69) is 49.2 Å². The molecular formula is C23H25BrN4O2. The second-order valence-corrected chi connectivity index (χ2v) is 8.30. The number of carbonyl (C=O) groups excluding carboxylic acids is 1. The molecule has 2 aromatic carbocycles. The van der Waals surface area contributed by atoms with Gasteiger partial charge in [-0.1, -0.05) is 46.3 Å². The molecule has 156 valence electrons. The van der Waals surface area contributed by atoms with Crippen LogP contribution in [0.25, 0.3) is 11.3 Å². The first-order valence-corrected chi connectivity index (χ1v) is 11.0. The minimum Gasteiger partial charge on any atom is -0.481 e. The minimum atomic E-state index is -0.506. The van der Waals surface area contributed by atoms with Crippen LogP contribution in [-0.4, -0.2) is 53.3 Å². The molecule has 2 heterocycles. The first-order valence-electron chi connectivity index (χ1n) is 10.2. The van der Waals surface area contributed by atoms with Crippen molar-refractivity contribution in [1.29, 1.82) is 0 Å². The maximum Gasteiger partial charge on any atom is 0.263 e. The van der Waals surface area contributed by atoms with Gasteiger partial charge >= 0.3 is 0 Å². The van der Waals surface area contributed by atoms with Crippen molar-refractivity contribution in [2.75, 3.05) is 31.1 Å². The van der Waals surface area contributed by atoms with Gasteiger partial charge in [0.25, 0.3) is 5.91 Å². The number of hydrogen-bond donors (Lipinski definition) is 1. The van der Waals surface area contributed by atoms with Crippen molar-refractivity contribution >= 4 is 27.7 Å². The van der Waals surface area contributed by atoms with Crippen molar-refractivity contribution < 1.29 is 9.53 Å². The Bertz CT molecular complexity index is 974. The molecule has 4 rings (SSSR count). The summed E-state index contributed by atoms with van der Waals surface area (Å²) in [7, 11) is 0. The van der Waals surface area contributed by atoms with Crippen LogP contribution in [-0.2, 0) is 4.79 Å². The number of halogens is 1. The lowest BCUT2D eigenvalue weighted by Gasteiger charge is -2.25. The van der Waals surface area contributed by atoms with Gasteiger partial charge in [0, 0.05) is 36.7 Å². The highest BCUT2D eigenvalue weighted by atomic mass is 79.9. The summed E-state index contributed by atoms with van der Waals surface area (Å²) in [6.07, 6.45) is 0.387. The van der Waals surface area contributed by atoms with E-state index >= 15 is 0 Å². The number of nitrogens with one attached hydrogen (secondary N) is 1. The van der Waals surface area contributed by atoms with Crippen LogP contribution in [0.1, 0.15) is 13.3 Å². The molecule has 0 radical (unpaired) electrons. The molecule has 0 spiro atoms. The van der Waals surface area contributed by atoms with E-state index in [0.29, 0.717) is 12.3 Å². The standard InChI is InChI=1S/C23H25BrN4O2/c1-17(30-20-6-3-2-4-7-20)23(29)28-13-5-12-27(14-15-28)22-16-21(25-26-22)18-8-10-19(24)11-9-18/h2-4,6-11,16-17H,5,12-15H2,1H3,(H,25,26). The van der Waals surface area contributed by atoms with Crippen LogP contribution in [0.15, 0.2) is 65.1 Å². The molecule has 3 aromatic rings. The number of amides is 1. The maximum absolute atomic E-state index is 12.9. The highest BCUT2D eigenvalue weighted by Gasteiger charge is 2.25. The number of carbonyl (C=O) groups is 1. The van der Waals surface area contributed by atoms with Gasteiger partial charge in [-0.2, -0.15) is 5.10 Å². The second-order valence-electron chi connectivity index (χ2n) is 7.39. The lowest BCUT2D eigenvalue weighted by atomic mass is 10.1. The van der Waals surface area contributed by atoms with Gasteiger partial charge in [-0.05, 0) is 43.2 Å². The molecule has 0 aliphatic carbocycles. The van der Waals surface area contributed by atoms with Gasteiger partial charge in [0.15, 0.2) is 11.9 Å². The predicted octanol–water partition coefficient (Wildman–Crippen LogP) is 4.35. The molecule has 1 amide bonds. The minimum absolute atomic E-state index is 0.0262. The molecule has 1 aromatic heterocycles. The summed E-state index contributed by atoms with van der Waals surface area (Å²) in [6, 6.07) is 19.7. The van der Waals surface area contributed by atoms with E-state index in [1.807, 2.05) is 54.3 Å². The Morgan fingerprint density at radius 2 is 1.83 bits per heavy atom. The van der Waals surface area contributed by atoms with Crippen molar-refractivity contribution in [2.24, 2.45) is 0 Å². The summed E-state index contributed by atoms with van der Waals surface area (Å²) in [5, 5.41) is 7.63. The molecule has 1 N–H and O–H groups in total. The number of benzene rings is 2. The Balaban J connectivity index is 1.37. The highest BCUT2D eigenvalue weighted by molar-refractivity contribution is 9.10. The highest BCUT2D eigenvalue weighted by Crippen LogP contribution is 2.24. The smallest absolute Gasteiger partial charge is 0.263 e. The van der Waals surface area contributed by atoms with Gasteiger partial charge in [-0.3, -0.25) is 9.89 Å². The molecule has 6 nitrogen and oxygen atoms in total. The van der Waals surface area contributed by atoms with E-state index in [9.17, 15) is 4.79 Å². The zero-order chi connectivity index (χ0) is 20.9. The summed E-state index contributed by atoms with van der Waals surface area (Å²) < 4.78 is 6.87. The van der Waals surface area contributed by atoms with Crippen molar-refractivity contribution in [1.82, 2.24) is 15.1 Å². The van der Waals surface area contributed by atoms with Crippen molar-refractivity contribution in [2.45, 2.75) is 19.4 Å². The van der Waals surface area contributed by atoms with Crippen LogP contribution in [0.4, 0.5) is 5.82 Å². The molecule has 1 saturated heterocycles. The number of anilines is 1. The van der Waals surface area contributed by atoms with Gasteiger partial charge in [-0.25, -0.2) is 0 Å². The molecule has 0 bridgehead atoms. The van der Waals surface area contributed by atoms with Crippen LogP contribution >= 0.6 is 15.9 Å². The van der Waals surface area contributed by atoms with Crippen molar-refractivity contribution in [3.63, 3.8) is 0 Å². The Hall–Kier alpha value is -2.80. The van der Waals surface area contributed by atoms with Gasteiger partial charge < -0.3 is 14.5 Å². The second kappa shape index (κ2) is 9.34. The number of hydrogen-bond acceptors (Lipinski definition) is 4. The molecule has 1 unspecified atom stereocenters. The zero-order valence-corrected chi connectivity index (χ0v) is 18.5. The lowest BCUT2D eigenvalue weighted by Crippen LogP contribution is -2.42. The summed E-state index contributed by atoms with van der Waals surface area (Å²) in [5.41, 5.74) is 2.08. The van der Waals surface area contributed by atoms with Crippen LogP contribution in [0.3, 0.4) is 0 Å². The van der Waals surface area contributed by atoms with E-state index in [-0.39, 0.29) is 5.91 Å². The van der Waals surface area contributed by atoms with E-state index in [4.69, 9.17) is 4.74 Å². The van der Waals surface area contributed by atoms with E-state index < -0.39 is 6.10 Å². The number of ether oxygens (including phenoxy) is 1. The molecule has 7 heteroatoms. The SMILES string of the molecule is CC(Oc1ccccc1)C(=O)N1CCCN(c2cc(-c3ccc(Br)cc3)[nH]n2)CC1. The quantitative estimate of drug-likeness (QED) is 0.604. The summed E-state index contributed by atoms with van der Waals surface area (Å²) in [4.78, 5) is 17.0. The van der Waals surface area contributed by atoms with Crippen LogP contribution in [0.5, 0.6) is 5.75 Å². The maximum atomic E-state index is 12.9. The first-order chi connectivity index (χ1) is 14.6. The van der Waals surface area contributed by atoms with Crippen LogP contribution in [0.2, 0.25) is 0 Å². The van der Waals surface area contributed by atoms with Gasteiger partial charge in [0.2, 0.25) is 0 Å². The zero-order valence-electron chi connectivity index (χ0n) is 16.9. The molecule has 30 heavy (non-hydrogen) atoms. The number of nitrogens with zero attached hydrogens (tertiary/aromatic N) is 3. The third-order valence-electron chi connectivity index (χ3n) is 5.25. The Kier molecular flexibility index (Phi) is 6.38. The largest absolute Gasteiger partial charge is 0.481 e. The van der Waals surface area contributed by atoms with Gasteiger partial charge in [-0.15, -0.1) is 0 Å². The topological polar surface area (TPSA) is 61.5 Å². The number of rotatable bonds is 5. The average molecular weight is 469 g/mol. The molecule has 1 aliphatic rings. The number of para-hydroxylation sites is 1. The lowest BCUT2D eigenvalue weighted by molar-refractivity contribution is -0.137. The van der Waals surface area contributed by atoms with Crippen LogP contribution < -0.4 is 9.64 Å². The molecule has 0 saturated carbocycles. The fourth-order valence-corrected chi connectivity index (χ4v) is 3.89. The monoisotopic (exact) mass is 468 g/mol. The molecule has 1 fully saturated rings.